The van der Waals surface area contributed by atoms with Crippen LogP contribution in [0.2, 0.25) is 0 Å². The minimum atomic E-state index is 0.386. The zero-order chi connectivity index (χ0) is 65.1. The van der Waals surface area contributed by atoms with Crippen molar-refractivity contribution in [3.63, 3.8) is 0 Å². The molecule has 466 valence electrons. The third-order valence-corrected chi connectivity index (χ3v) is 22.4. The first-order valence-corrected chi connectivity index (χ1v) is 35.3. The highest BCUT2D eigenvalue weighted by atomic mass is 14.9. The summed E-state index contributed by atoms with van der Waals surface area (Å²) in [6.45, 7) is 23.3. The maximum absolute atomic E-state index is 2.58. The fraction of sp³-hybridized carbons (Fsp3) is 0.191. The summed E-state index contributed by atoms with van der Waals surface area (Å²) in [5.41, 5.74) is 26.1. The normalized spacial score (nSPS) is 13.3. The molecular weight excluding hydrogens is 1160 g/mol. The van der Waals surface area contributed by atoms with Crippen LogP contribution in [0.3, 0.4) is 0 Å². The lowest BCUT2D eigenvalue weighted by molar-refractivity contribution is 0.574. The van der Waals surface area contributed by atoms with E-state index in [-0.39, 0.29) is 0 Å². The first-order chi connectivity index (χ1) is 46.6. The van der Waals surface area contributed by atoms with Gasteiger partial charge in [0.2, 0.25) is 0 Å². The van der Waals surface area contributed by atoms with Gasteiger partial charge in [-0.3, -0.25) is 0 Å². The zero-order valence-corrected chi connectivity index (χ0v) is 56.9. The van der Waals surface area contributed by atoms with Crippen molar-refractivity contribution in [3.05, 3.63) is 276 Å². The van der Waals surface area contributed by atoms with Crippen molar-refractivity contribution >= 4 is 119 Å². The Bertz CT molecular complexity index is 6170. The second-order valence-corrected chi connectivity index (χ2v) is 29.8. The van der Waals surface area contributed by atoms with E-state index in [1.807, 2.05) is 0 Å². The van der Waals surface area contributed by atoms with Gasteiger partial charge < -0.3 is 8.80 Å². The van der Waals surface area contributed by atoms with Gasteiger partial charge in [0.25, 0.3) is 0 Å². The summed E-state index contributed by atoms with van der Waals surface area (Å²) in [4.78, 5) is 0. The van der Waals surface area contributed by atoms with Gasteiger partial charge in [0.05, 0.1) is 33.1 Å². The molecular formula is C94H80N2. The molecule has 2 heteroatoms. The summed E-state index contributed by atoms with van der Waals surface area (Å²) in [6.07, 6.45) is 2.19. The van der Waals surface area contributed by atoms with E-state index in [0.29, 0.717) is 35.5 Å². The van der Waals surface area contributed by atoms with Crippen LogP contribution in [0.15, 0.2) is 243 Å². The first kappa shape index (κ1) is 58.3. The van der Waals surface area contributed by atoms with Gasteiger partial charge >= 0.3 is 0 Å². The van der Waals surface area contributed by atoms with Gasteiger partial charge in [-0.15, -0.1) is 0 Å². The van der Waals surface area contributed by atoms with Crippen LogP contribution in [-0.4, -0.2) is 8.80 Å². The van der Waals surface area contributed by atoms with Crippen LogP contribution in [0.1, 0.15) is 151 Å². The Morgan fingerprint density at radius 2 is 0.583 bits per heavy atom. The molecule has 2 atom stereocenters. The van der Waals surface area contributed by atoms with Crippen LogP contribution in [0.5, 0.6) is 0 Å². The Morgan fingerprint density at radius 1 is 0.229 bits per heavy atom. The molecule has 0 aliphatic heterocycles. The Balaban J connectivity index is 0.706. The number of hydrogen-bond acceptors (Lipinski definition) is 0. The molecule has 4 aromatic heterocycles. The van der Waals surface area contributed by atoms with Gasteiger partial charge in [0.1, 0.15) is 0 Å². The molecule has 96 heavy (non-hydrogen) atoms. The average molecular weight is 1240 g/mol. The summed E-state index contributed by atoms with van der Waals surface area (Å²) in [5.74, 6) is 2.48. The maximum atomic E-state index is 2.58. The highest BCUT2D eigenvalue weighted by Crippen LogP contribution is 2.48. The summed E-state index contributed by atoms with van der Waals surface area (Å²) in [7, 11) is 0. The Labute approximate surface area is 562 Å². The molecule has 0 fully saturated rings. The van der Waals surface area contributed by atoms with E-state index >= 15 is 0 Å². The molecule has 0 saturated carbocycles. The number of rotatable bonds is 13. The van der Waals surface area contributed by atoms with Crippen molar-refractivity contribution in [3.8, 4) is 44.5 Å². The van der Waals surface area contributed by atoms with Crippen LogP contribution >= 0.6 is 0 Å². The highest BCUT2D eigenvalue weighted by Gasteiger charge is 2.25. The Kier molecular flexibility index (Phi) is 13.5. The van der Waals surface area contributed by atoms with E-state index in [0.717, 1.165) is 12.8 Å². The fourth-order valence-corrected chi connectivity index (χ4v) is 16.7. The monoisotopic (exact) mass is 1240 g/mol. The molecule has 18 rings (SSSR count). The van der Waals surface area contributed by atoms with Crippen LogP contribution in [0, 0.1) is 0 Å². The molecule has 0 N–H and O–H groups in total. The number of aromatic nitrogens is 2. The lowest BCUT2D eigenvalue weighted by Crippen LogP contribution is -1.99. The molecule has 0 radical (unpaired) electrons. The van der Waals surface area contributed by atoms with E-state index in [4.69, 9.17) is 0 Å². The zero-order valence-electron chi connectivity index (χ0n) is 56.9. The van der Waals surface area contributed by atoms with Crippen molar-refractivity contribution in [2.45, 2.75) is 118 Å². The average Bonchev–Trinajstić information content (AvgIpc) is 1.54. The van der Waals surface area contributed by atoms with Gasteiger partial charge in [0, 0.05) is 43.1 Å². The largest absolute Gasteiger partial charge is 0.308 e. The number of hydrogen-bond donors (Lipinski definition) is 0. The van der Waals surface area contributed by atoms with Gasteiger partial charge in [-0.25, -0.2) is 0 Å². The van der Waals surface area contributed by atoms with Crippen LogP contribution in [0.25, 0.3) is 164 Å². The number of benzene rings is 14. The first-order valence-electron chi connectivity index (χ1n) is 35.3. The molecule has 0 spiro atoms. The minimum absolute atomic E-state index is 0.386. The summed E-state index contributed by atoms with van der Waals surface area (Å²) >= 11 is 0. The van der Waals surface area contributed by atoms with Gasteiger partial charge in [-0.2, -0.15) is 0 Å². The quantitative estimate of drug-likeness (QED) is 0.109. The molecule has 18 aromatic rings. The third kappa shape index (κ3) is 9.34. The van der Waals surface area contributed by atoms with Gasteiger partial charge in [0.15, 0.2) is 0 Å². The molecule has 2 nitrogen and oxygen atoms in total. The Hall–Kier alpha value is -10.3. The molecule has 2 unspecified atom stereocenters. The lowest BCUT2D eigenvalue weighted by Gasteiger charge is -2.18. The minimum Gasteiger partial charge on any atom is -0.308 e. The second-order valence-electron chi connectivity index (χ2n) is 29.8. The van der Waals surface area contributed by atoms with Crippen LogP contribution in [0.4, 0.5) is 0 Å². The topological polar surface area (TPSA) is 8.82 Å². The predicted octanol–water partition coefficient (Wildman–Crippen LogP) is 27.4. The molecule has 4 heterocycles. The second kappa shape index (κ2) is 22.2. The highest BCUT2D eigenvalue weighted by molar-refractivity contribution is 6.29. The molecule has 0 bridgehead atoms. The lowest BCUT2D eigenvalue weighted by atomic mass is 9.87. The van der Waals surface area contributed by atoms with E-state index < -0.39 is 0 Å². The van der Waals surface area contributed by atoms with Gasteiger partial charge in [-0.1, -0.05) is 227 Å². The van der Waals surface area contributed by atoms with Crippen molar-refractivity contribution in [2.24, 2.45) is 0 Å². The predicted molar refractivity (Wildman–Crippen MR) is 416 cm³/mol. The molecule has 0 amide bonds. The van der Waals surface area contributed by atoms with Gasteiger partial charge in [-0.05, 0) is 254 Å². The standard InChI is InChI=1S/C94H80N2/c1-53(2)61-23-27-66-49-89-81(41-73(66)33-61)85-45-77(65-31-32-79(56(7)8)80(40-65)60-19-15-12-16-20-60)46-86-83-43-75-35-63(25-29-68(75)51-91(83)95(89)93(85)86)57(9)21-22-58(10)64-26-30-69-52-92-84(44-76(69)36-64)88-48-78(72-38-70(55(5)6)37-71(39-72)59-17-13-11-14-18-59)47-87-82-42-74-34-62(54(3)4)24-28-67(74)50-90(82)96(92)94(87)88/h11-20,23-58H,21-22H2,1-10H3. The third-order valence-electron chi connectivity index (χ3n) is 22.4. The van der Waals surface area contributed by atoms with Crippen LogP contribution < -0.4 is 0 Å². The van der Waals surface area contributed by atoms with E-state index in [9.17, 15) is 0 Å². The van der Waals surface area contributed by atoms with E-state index in [1.165, 1.54) is 197 Å². The Morgan fingerprint density at radius 3 is 0.979 bits per heavy atom. The molecule has 0 saturated heterocycles. The van der Waals surface area contributed by atoms with Crippen LogP contribution in [-0.2, 0) is 0 Å². The summed E-state index contributed by atoms with van der Waals surface area (Å²) in [6, 6.07) is 94.9. The van der Waals surface area contributed by atoms with E-state index in [1.54, 1.807) is 0 Å². The SMILES string of the molecule is CC(C)c1cc(-c2ccccc2)cc(-c2cc3c4cc5cc(C(C)C)ccc5cc4n4c5cc6ccc(C(C)CCC(C)c7ccc8cc9c(cc8c7)c7cc(-c8ccc(C(C)C)c(-c%10ccccc%10)c8)cc8c%10cc%11cc(C(C)C)ccc%11cc%10n9c87)cc6cc5c(c2)c34)c1. The fourth-order valence-electron chi connectivity index (χ4n) is 16.7. The summed E-state index contributed by atoms with van der Waals surface area (Å²) < 4.78 is 5.16. The van der Waals surface area contributed by atoms with Crippen molar-refractivity contribution < 1.29 is 0 Å². The summed E-state index contributed by atoms with van der Waals surface area (Å²) in [5, 5.41) is 20.8. The molecule has 0 aliphatic carbocycles. The maximum Gasteiger partial charge on any atom is 0.0620 e. The van der Waals surface area contributed by atoms with E-state index in [2.05, 4.69) is 321 Å². The smallest absolute Gasteiger partial charge is 0.0620 e. The number of fused-ring (bicyclic) bond motifs is 16. The van der Waals surface area contributed by atoms with Crippen molar-refractivity contribution in [2.75, 3.05) is 0 Å². The molecule has 0 aliphatic rings. The molecule has 14 aromatic carbocycles. The van der Waals surface area contributed by atoms with Crippen molar-refractivity contribution in [1.29, 1.82) is 0 Å². The van der Waals surface area contributed by atoms with Crippen molar-refractivity contribution in [1.82, 2.24) is 8.80 Å². The number of nitrogens with zero attached hydrogens (tertiary/aromatic N) is 2.